The van der Waals surface area contributed by atoms with Gasteiger partial charge in [-0.15, -0.1) is 23.5 Å². The molecule has 1 fully saturated rings. The zero-order valence-electron chi connectivity index (χ0n) is 76.2. The Bertz CT molecular complexity index is 5640. The Morgan fingerprint density at radius 2 is 0.786 bits per heavy atom. The molecule has 3 aromatic heterocycles. The Labute approximate surface area is 770 Å². The van der Waals surface area contributed by atoms with Crippen LogP contribution in [0.5, 0.6) is 40.2 Å². The van der Waals surface area contributed by atoms with Gasteiger partial charge in [-0.1, -0.05) is 18.2 Å². The van der Waals surface area contributed by atoms with Crippen molar-refractivity contribution in [3.8, 4) is 40.2 Å². The van der Waals surface area contributed by atoms with E-state index in [0.717, 1.165) is 121 Å². The fraction of sp³-hybridized carbons (Fsp3) is 0.340. The number of carbonyl (C=O) groups is 6. The van der Waals surface area contributed by atoms with Gasteiger partial charge in [-0.05, 0) is 284 Å². The lowest BCUT2D eigenvalue weighted by molar-refractivity contribution is -0.146. The van der Waals surface area contributed by atoms with E-state index in [1.54, 1.807) is 114 Å². The Morgan fingerprint density at radius 1 is 0.435 bits per heavy atom. The Morgan fingerprint density at radius 3 is 1.14 bits per heavy atom. The number of halogens is 3. The second-order valence-electron chi connectivity index (χ2n) is 31.5. The van der Waals surface area contributed by atoms with Crippen LogP contribution in [-0.4, -0.2) is 217 Å². The van der Waals surface area contributed by atoms with Gasteiger partial charge >= 0.3 is 17.9 Å². The summed E-state index contributed by atoms with van der Waals surface area (Å²) in [5.74, 6) is 3.09. The van der Waals surface area contributed by atoms with Crippen LogP contribution in [-0.2, 0) is 62.6 Å². The van der Waals surface area contributed by atoms with Crippen molar-refractivity contribution in [3.05, 3.63) is 248 Å². The topological polar surface area (TPSA) is 283 Å². The van der Waals surface area contributed by atoms with Gasteiger partial charge in [0.1, 0.15) is 77.6 Å². The first-order chi connectivity index (χ1) is 63.1. The molecule has 4 heterocycles. The van der Waals surface area contributed by atoms with E-state index < -0.39 is 5.97 Å². The van der Waals surface area contributed by atoms with Gasteiger partial charge in [0.05, 0.1) is 122 Å². The number of allylic oxidation sites excluding steroid dienone is 6. The van der Waals surface area contributed by atoms with Crippen LogP contribution in [0.3, 0.4) is 0 Å². The first-order valence-corrected chi connectivity index (χ1v) is 44.5. The lowest BCUT2D eigenvalue weighted by Crippen LogP contribution is -2.45. The average Bonchev–Trinajstić information content (AvgIpc) is 1.62. The zero-order valence-corrected chi connectivity index (χ0v) is 77.9. The van der Waals surface area contributed by atoms with Crippen molar-refractivity contribution in [1.82, 2.24) is 35.6 Å². The van der Waals surface area contributed by atoms with E-state index in [2.05, 4.69) is 32.8 Å². The van der Waals surface area contributed by atoms with Gasteiger partial charge in [0.15, 0.2) is 18.1 Å². The number of hydrogen-bond donors (Lipinski definition) is 3. The van der Waals surface area contributed by atoms with E-state index in [0.29, 0.717) is 105 Å². The molecular formula is C100H112F3N7O19S2. The number of nitrogens with zero attached hydrogens (tertiary/aromatic N) is 4. The number of benzene rings is 6. The van der Waals surface area contributed by atoms with Crippen molar-refractivity contribution < 1.29 is 103 Å². The van der Waals surface area contributed by atoms with Crippen LogP contribution in [0, 0.1) is 17.5 Å². The van der Waals surface area contributed by atoms with Gasteiger partial charge in [0.2, 0.25) is 23.5 Å². The highest BCUT2D eigenvalue weighted by molar-refractivity contribution is 8.00. The first kappa shape index (κ1) is 98.9. The summed E-state index contributed by atoms with van der Waals surface area (Å²) in [4.78, 5) is 85.3. The molecule has 3 aliphatic carbocycles. The molecule has 31 heteroatoms. The van der Waals surface area contributed by atoms with E-state index >= 15 is 0 Å². The highest BCUT2D eigenvalue weighted by Crippen LogP contribution is 2.50. The lowest BCUT2D eigenvalue weighted by atomic mass is 10.00. The van der Waals surface area contributed by atoms with Crippen molar-refractivity contribution in [1.29, 1.82) is 0 Å². The van der Waals surface area contributed by atoms with Crippen LogP contribution in [0.4, 0.5) is 13.2 Å². The third-order valence-corrected chi connectivity index (χ3v) is 24.1. The maximum Gasteiger partial charge on any atom is 0.344 e. The Kier molecular flexibility index (Phi) is 36.5. The highest BCUT2D eigenvalue weighted by atomic mass is 32.2. The third-order valence-electron chi connectivity index (χ3n) is 22.0. The van der Waals surface area contributed by atoms with E-state index in [9.17, 15) is 41.9 Å². The minimum absolute atomic E-state index is 0.0738. The van der Waals surface area contributed by atoms with Crippen LogP contribution in [0.2, 0.25) is 0 Å². The number of piperazine rings is 1. The van der Waals surface area contributed by atoms with Gasteiger partial charge < -0.3 is 91.3 Å². The van der Waals surface area contributed by atoms with Crippen molar-refractivity contribution in [2.24, 2.45) is 0 Å². The normalized spacial score (nSPS) is 14.3. The predicted molar refractivity (Wildman–Crippen MR) is 500 cm³/mol. The monoisotopic (exact) mass is 1840 g/mol. The maximum atomic E-state index is 14.4. The quantitative estimate of drug-likeness (QED) is 0.0183. The molecule has 1 saturated heterocycles. The Balaban J connectivity index is 0.000000190. The molecule has 9 aromatic rings. The number of methoxy groups -OCH3 is 6. The molecule has 6 aromatic carbocycles. The number of amides is 3. The minimum Gasteiger partial charge on any atom is -0.495 e. The molecule has 3 amide bonds. The molecule has 0 unspecified atom stereocenters. The summed E-state index contributed by atoms with van der Waals surface area (Å²) in [6.07, 6.45) is 11.1. The molecule has 0 bridgehead atoms. The molecular weight excluding hydrogens is 1720 g/mol. The number of thioether (sulfide) groups is 2. The number of nitrogens with one attached hydrogen (secondary N) is 3. The number of likely N-dealkylation sites (N-methyl/N-ethyl adjacent to an activating group) is 3. The van der Waals surface area contributed by atoms with E-state index in [1.165, 1.54) is 74.1 Å². The summed E-state index contributed by atoms with van der Waals surface area (Å²) in [6, 6.07) is 35.5. The molecule has 3 N–H and O–H groups in total. The second-order valence-corrected chi connectivity index (χ2v) is 33.6. The molecule has 0 saturated carbocycles. The molecule has 1 aliphatic heterocycles. The van der Waals surface area contributed by atoms with Crippen LogP contribution in [0.15, 0.2) is 186 Å². The number of rotatable bonds is 40. The number of esters is 3. The number of carbonyl (C=O) groups excluding carboxylic acids is 6. The maximum absolute atomic E-state index is 14.4. The van der Waals surface area contributed by atoms with Gasteiger partial charge in [0, 0.05) is 51.6 Å². The van der Waals surface area contributed by atoms with Crippen molar-refractivity contribution in [2.45, 2.75) is 75.9 Å². The van der Waals surface area contributed by atoms with Gasteiger partial charge in [-0.25, -0.2) is 18.0 Å². The molecule has 4 aliphatic rings. The average molecular weight is 1840 g/mol. The SMILES string of the molecule is COc1cc(/C=C2/C(C)=C(CC(=O)NCc3ccco3)c3cc(F)ccc32)cc(OC)c1OCC(=O)OCCN(C)C.COc1cc(/C=C2/C(C)=C(CC(=O)NCc3ccco3)c3cc(F)ccc32)cc(OC)c1SCC(=O)OCCN1CCN(C)CC1.COc1cc(/C=C2/C(C)=C(CC(=O)NCc3ccco3)c3cc(F)ccc32)cc(OC)c1SCCC(=O)OCCN(C)C. The van der Waals surface area contributed by atoms with Gasteiger partial charge in [-0.2, -0.15) is 0 Å². The zero-order chi connectivity index (χ0) is 93.8. The Hall–Kier alpha value is -12.7. The molecule has 0 spiro atoms. The summed E-state index contributed by atoms with van der Waals surface area (Å²) in [5, 5.41) is 8.60. The lowest BCUT2D eigenvalue weighted by Gasteiger charge is -2.32. The van der Waals surface area contributed by atoms with Crippen LogP contribution >= 0.6 is 23.5 Å². The largest absolute Gasteiger partial charge is 0.495 e. The first-order valence-electron chi connectivity index (χ1n) is 42.5. The summed E-state index contributed by atoms with van der Waals surface area (Å²) in [5.41, 5.74) is 14.3. The summed E-state index contributed by atoms with van der Waals surface area (Å²) in [6.45, 7) is 13.2. The molecule has 131 heavy (non-hydrogen) atoms. The fourth-order valence-electron chi connectivity index (χ4n) is 15.0. The molecule has 0 radical (unpaired) electrons. The van der Waals surface area contributed by atoms with Crippen LogP contribution in [0.25, 0.3) is 51.7 Å². The van der Waals surface area contributed by atoms with Crippen molar-refractivity contribution in [2.75, 3.05) is 162 Å². The third kappa shape index (κ3) is 27.5. The van der Waals surface area contributed by atoms with Crippen LogP contribution in [0.1, 0.15) is 114 Å². The van der Waals surface area contributed by atoms with Crippen molar-refractivity contribution >= 4 is 111 Å². The van der Waals surface area contributed by atoms with E-state index in [1.807, 2.05) is 101 Å². The number of fused-ring (bicyclic) bond motifs is 3. The number of hydrogen-bond acceptors (Lipinski definition) is 25. The highest BCUT2D eigenvalue weighted by Gasteiger charge is 2.32. The fourth-order valence-corrected chi connectivity index (χ4v) is 16.9. The predicted octanol–water partition coefficient (Wildman–Crippen LogP) is 16.4. The second kappa shape index (κ2) is 48.3. The van der Waals surface area contributed by atoms with Crippen LogP contribution < -0.4 is 49.1 Å². The summed E-state index contributed by atoms with van der Waals surface area (Å²) in [7, 11) is 19.0. The van der Waals surface area contributed by atoms with Crippen molar-refractivity contribution in [3.63, 3.8) is 0 Å². The van der Waals surface area contributed by atoms with E-state index in [-0.39, 0.29) is 117 Å². The van der Waals surface area contributed by atoms with Gasteiger partial charge in [-0.3, -0.25) is 28.9 Å². The summed E-state index contributed by atoms with van der Waals surface area (Å²) >= 11 is 2.76. The molecule has 694 valence electrons. The number of ether oxygens (including phenoxy) is 10. The smallest absolute Gasteiger partial charge is 0.344 e. The molecule has 13 rings (SSSR count). The minimum atomic E-state index is -0.511. The van der Waals surface area contributed by atoms with Gasteiger partial charge in [0.25, 0.3) is 0 Å². The van der Waals surface area contributed by atoms with E-state index in [4.69, 9.17) is 60.6 Å². The standard InChI is InChI=1S/C35H40FN3O6S.C33H37FN2O6S.C32H35FN2O7/c1-23-28(27-8-7-25(36)19-30(27)29(23)20-33(40)37-21-26-6-5-14-44-26)16-24-17-31(42-3)35(32(18-24)43-4)46-22-34(41)45-15-13-39-11-9-38(2)10-12-39;1-21-26(25-9-8-23(34)18-28(25)27(21)19-31(37)35-20-24-7-6-12-41-24)15-22-16-29(39-4)33(30(17-22)40-5)43-14-10-32(38)42-13-11-36(2)3;1-20-25(24-9-8-22(33)16-27(24)26(20)17-30(36)34-18-23-7-6-11-40-23)13-21-14-28(38-4)32(29(15-21)39-5)42-19-31(37)41-12-10-35(2)3/h5-8,14,16-19H,9-13,15,20-22H2,1-4H3,(H,37,40);6-9,12,15-18H,10-11,13-14,19-20H2,1-5H3,(H,35,37);6-9,11,13-16H,10,12,17-19H2,1-5H3,(H,34,36)/b28-16-;26-15-;25-13-. The summed E-state index contributed by atoms with van der Waals surface area (Å²) < 4.78 is 115. The molecule has 0 atom stereocenters. The molecule has 26 nitrogen and oxygen atoms in total. The number of furan rings is 3.